The topological polar surface area (TPSA) is 42.2 Å². The summed E-state index contributed by atoms with van der Waals surface area (Å²) >= 11 is 1.79. The highest BCUT2D eigenvalue weighted by Gasteiger charge is 2.23. The molecule has 0 aromatic carbocycles. The second-order valence-electron chi connectivity index (χ2n) is 4.21. The van der Waals surface area contributed by atoms with E-state index in [-0.39, 0.29) is 0 Å². The molecule has 0 saturated carbocycles. The van der Waals surface area contributed by atoms with Crippen LogP contribution in [0.3, 0.4) is 0 Å². The highest BCUT2D eigenvalue weighted by Crippen LogP contribution is 2.31. The van der Waals surface area contributed by atoms with E-state index in [1.54, 1.807) is 11.3 Å². The zero-order valence-corrected chi connectivity index (χ0v) is 10.1. The number of aromatic nitrogens is 1. The predicted octanol–water partition coefficient (Wildman–Crippen LogP) is 1.80. The summed E-state index contributed by atoms with van der Waals surface area (Å²) in [6.07, 6.45) is 4.83. The maximum Gasteiger partial charge on any atom is 0.110 e. The monoisotopic (exact) mass is 225 g/mol. The Morgan fingerprint density at radius 1 is 1.60 bits per heavy atom. The van der Waals surface area contributed by atoms with E-state index in [2.05, 4.69) is 22.3 Å². The summed E-state index contributed by atoms with van der Waals surface area (Å²) in [7, 11) is 2.20. The average Bonchev–Trinajstić information content (AvgIpc) is 2.68. The highest BCUT2D eigenvalue weighted by molar-refractivity contribution is 7.09. The molecule has 1 aromatic rings. The second kappa shape index (κ2) is 5.05. The standard InChI is InChI=1S/C11H19N3S/c1-14-7-3-2-4-10(14)11-13-9(5-6-12)8-15-11/h8,10H,2-7,12H2,1H3. The van der Waals surface area contributed by atoms with Gasteiger partial charge in [-0.15, -0.1) is 11.3 Å². The SMILES string of the molecule is CN1CCCCC1c1nc(CCN)cs1. The minimum atomic E-state index is 0.551. The molecule has 2 rings (SSSR count). The number of nitrogens with zero attached hydrogens (tertiary/aromatic N) is 2. The first-order valence-electron chi connectivity index (χ1n) is 5.66. The van der Waals surface area contributed by atoms with Gasteiger partial charge in [0.2, 0.25) is 0 Å². The van der Waals surface area contributed by atoms with Gasteiger partial charge < -0.3 is 5.73 Å². The third-order valence-electron chi connectivity index (χ3n) is 3.03. The Hall–Kier alpha value is -0.450. The number of thiazole rings is 1. The lowest BCUT2D eigenvalue weighted by molar-refractivity contribution is 0.187. The molecule has 1 unspecified atom stereocenters. The van der Waals surface area contributed by atoms with Crippen LogP contribution in [0.5, 0.6) is 0 Å². The number of piperidine rings is 1. The number of likely N-dealkylation sites (tertiary alicyclic amines) is 1. The van der Waals surface area contributed by atoms with Crippen molar-refractivity contribution in [2.24, 2.45) is 5.73 Å². The molecule has 0 aliphatic carbocycles. The van der Waals surface area contributed by atoms with Gasteiger partial charge in [-0.05, 0) is 33.0 Å². The molecule has 1 aliphatic heterocycles. The Bertz CT molecular complexity index is 311. The maximum atomic E-state index is 5.53. The van der Waals surface area contributed by atoms with Gasteiger partial charge in [0, 0.05) is 11.8 Å². The number of nitrogens with two attached hydrogens (primary N) is 1. The van der Waals surface area contributed by atoms with Crippen molar-refractivity contribution in [3.8, 4) is 0 Å². The summed E-state index contributed by atoms with van der Waals surface area (Å²) in [5.74, 6) is 0. The van der Waals surface area contributed by atoms with E-state index in [1.165, 1.54) is 30.8 Å². The van der Waals surface area contributed by atoms with Gasteiger partial charge >= 0.3 is 0 Å². The minimum Gasteiger partial charge on any atom is -0.330 e. The van der Waals surface area contributed by atoms with Crippen LogP contribution in [-0.4, -0.2) is 30.0 Å². The van der Waals surface area contributed by atoms with Crippen molar-refractivity contribution in [2.45, 2.75) is 31.7 Å². The molecule has 1 aliphatic rings. The van der Waals surface area contributed by atoms with Crippen molar-refractivity contribution >= 4 is 11.3 Å². The number of rotatable bonds is 3. The lowest BCUT2D eigenvalue weighted by Gasteiger charge is -2.30. The van der Waals surface area contributed by atoms with Gasteiger partial charge in [0.25, 0.3) is 0 Å². The maximum absolute atomic E-state index is 5.53. The number of hydrogen-bond acceptors (Lipinski definition) is 4. The molecule has 1 atom stereocenters. The fraction of sp³-hybridized carbons (Fsp3) is 0.727. The first kappa shape index (κ1) is 11.0. The third-order valence-corrected chi connectivity index (χ3v) is 4.02. The molecular formula is C11H19N3S. The first-order chi connectivity index (χ1) is 7.31. The highest BCUT2D eigenvalue weighted by atomic mass is 32.1. The lowest BCUT2D eigenvalue weighted by atomic mass is 10.0. The normalized spacial score (nSPS) is 23.2. The average molecular weight is 225 g/mol. The van der Waals surface area contributed by atoms with E-state index in [0.717, 1.165) is 12.1 Å². The van der Waals surface area contributed by atoms with Gasteiger partial charge in [0.15, 0.2) is 0 Å². The summed E-state index contributed by atoms with van der Waals surface area (Å²) in [4.78, 5) is 7.10. The molecule has 1 saturated heterocycles. The van der Waals surface area contributed by atoms with Crippen LogP contribution in [0, 0.1) is 0 Å². The zero-order chi connectivity index (χ0) is 10.7. The Morgan fingerprint density at radius 2 is 2.47 bits per heavy atom. The molecular weight excluding hydrogens is 206 g/mol. The van der Waals surface area contributed by atoms with E-state index in [4.69, 9.17) is 5.73 Å². The van der Waals surface area contributed by atoms with E-state index >= 15 is 0 Å². The fourth-order valence-electron chi connectivity index (χ4n) is 2.13. The van der Waals surface area contributed by atoms with Crippen LogP contribution in [0.2, 0.25) is 0 Å². The number of hydrogen-bond donors (Lipinski definition) is 1. The van der Waals surface area contributed by atoms with Crippen LogP contribution in [0.1, 0.15) is 36.0 Å². The fourth-order valence-corrected chi connectivity index (χ4v) is 3.18. The van der Waals surface area contributed by atoms with Crippen LogP contribution in [-0.2, 0) is 6.42 Å². The summed E-state index contributed by atoms with van der Waals surface area (Å²) in [5.41, 5.74) is 6.69. The van der Waals surface area contributed by atoms with Gasteiger partial charge in [-0.2, -0.15) is 0 Å². The Kier molecular flexibility index (Phi) is 3.72. The summed E-state index contributed by atoms with van der Waals surface area (Å²) in [6.45, 7) is 1.90. The lowest BCUT2D eigenvalue weighted by Crippen LogP contribution is -2.29. The summed E-state index contributed by atoms with van der Waals surface area (Å²) < 4.78 is 0. The Morgan fingerprint density at radius 3 is 3.20 bits per heavy atom. The van der Waals surface area contributed by atoms with Gasteiger partial charge in [-0.1, -0.05) is 6.42 Å². The van der Waals surface area contributed by atoms with Crippen molar-refractivity contribution in [2.75, 3.05) is 20.1 Å². The molecule has 1 aromatic heterocycles. The largest absolute Gasteiger partial charge is 0.330 e. The van der Waals surface area contributed by atoms with Crippen molar-refractivity contribution in [1.29, 1.82) is 0 Å². The van der Waals surface area contributed by atoms with Crippen molar-refractivity contribution in [3.63, 3.8) is 0 Å². The van der Waals surface area contributed by atoms with E-state index in [1.807, 2.05) is 0 Å². The molecule has 3 nitrogen and oxygen atoms in total. The van der Waals surface area contributed by atoms with Crippen LogP contribution < -0.4 is 5.73 Å². The molecule has 0 amide bonds. The van der Waals surface area contributed by atoms with Crippen LogP contribution >= 0.6 is 11.3 Å². The van der Waals surface area contributed by atoms with Crippen molar-refractivity contribution in [3.05, 3.63) is 16.1 Å². The summed E-state index contributed by atoms with van der Waals surface area (Å²) in [5, 5.41) is 3.44. The molecule has 4 heteroatoms. The van der Waals surface area contributed by atoms with Gasteiger partial charge in [0.1, 0.15) is 5.01 Å². The quantitative estimate of drug-likeness (QED) is 0.853. The van der Waals surface area contributed by atoms with Crippen LogP contribution in [0.25, 0.3) is 0 Å². The first-order valence-corrected chi connectivity index (χ1v) is 6.54. The molecule has 1 fully saturated rings. The molecule has 2 heterocycles. The van der Waals surface area contributed by atoms with Crippen molar-refractivity contribution < 1.29 is 0 Å². The van der Waals surface area contributed by atoms with Gasteiger partial charge in [-0.3, -0.25) is 4.90 Å². The van der Waals surface area contributed by atoms with Crippen LogP contribution in [0.4, 0.5) is 0 Å². The Balaban J connectivity index is 2.06. The van der Waals surface area contributed by atoms with Gasteiger partial charge in [0.05, 0.1) is 11.7 Å². The summed E-state index contributed by atoms with van der Waals surface area (Å²) in [6, 6.07) is 0.551. The zero-order valence-electron chi connectivity index (χ0n) is 9.28. The predicted molar refractivity (Wildman–Crippen MR) is 64.1 cm³/mol. The molecule has 15 heavy (non-hydrogen) atoms. The van der Waals surface area contributed by atoms with E-state index in [0.29, 0.717) is 12.6 Å². The minimum absolute atomic E-state index is 0.551. The Labute approximate surface area is 95.3 Å². The molecule has 0 radical (unpaired) electrons. The molecule has 0 bridgehead atoms. The third kappa shape index (κ3) is 2.56. The van der Waals surface area contributed by atoms with Gasteiger partial charge in [-0.25, -0.2) is 4.98 Å². The molecule has 84 valence electrons. The van der Waals surface area contributed by atoms with E-state index in [9.17, 15) is 0 Å². The smallest absolute Gasteiger partial charge is 0.110 e. The second-order valence-corrected chi connectivity index (χ2v) is 5.10. The van der Waals surface area contributed by atoms with E-state index < -0.39 is 0 Å². The van der Waals surface area contributed by atoms with Crippen LogP contribution in [0.15, 0.2) is 5.38 Å². The molecule has 2 N–H and O–H groups in total. The van der Waals surface area contributed by atoms with Crippen molar-refractivity contribution in [1.82, 2.24) is 9.88 Å². The molecule has 0 spiro atoms.